The van der Waals surface area contributed by atoms with Crippen molar-refractivity contribution in [1.29, 1.82) is 0 Å². The summed E-state index contributed by atoms with van der Waals surface area (Å²) in [5.74, 6) is 2.91. The van der Waals surface area contributed by atoms with E-state index >= 15 is 0 Å². The monoisotopic (exact) mass is 486 g/mol. The number of nitrogens with one attached hydrogen (secondary N) is 1. The summed E-state index contributed by atoms with van der Waals surface area (Å²) in [5.41, 5.74) is 2.00. The zero-order valence-corrected chi connectivity index (χ0v) is 18.7. The average molecular weight is 486 g/mol. The van der Waals surface area contributed by atoms with E-state index in [9.17, 15) is 0 Å². The van der Waals surface area contributed by atoms with Gasteiger partial charge in [0.05, 0.1) is 21.3 Å². The van der Waals surface area contributed by atoms with Crippen molar-refractivity contribution in [2.75, 3.05) is 35.4 Å². The van der Waals surface area contributed by atoms with E-state index in [-0.39, 0.29) is 24.0 Å². The summed E-state index contributed by atoms with van der Waals surface area (Å²) in [6.07, 6.45) is 1.71. The quantitative estimate of drug-likeness (QED) is 0.369. The first kappa shape index (κ1) is 22.8. The Labute approximate surface area is 177 Å². The molecule has 0 aliphatic heterocycles. The second-order valence-electron chi connectivity index (χ2n) is 5.61. The number of aromatic nitrogens is 1. The highest BCUT2D eigenvalue weighted by Gasteiger charge is 2.12. The number of guanidine groups is 1. The van der Waals surface area contributed by atoms with E-state index in [1.54, 1.807) is 34.6 Å². The normalized spacial score (nSPS) is 10.6. The van der Waals surface area contributed by atoms with E-state index in [0.717, 1.165) is 28.6 Å². The predicted molar refractivity (Wildman–Crippen MR) is 117 cm³/mol. The lowest BCUT2D eigenvalue weighted by Gasteiger charge is -2.23. The number of benzene rings is 1. The predicted octanol–water partition coefficient (Wildman–Crippen LogP) is 2.93. The minimum absolute atomic E-state index is 0. The number of nitrogens with zero attached hydrogens (tertiary/aromatic N) is 3. The summed E-state index contributed by atoms with van der Waals surface area (Å²) in [4.78, 5) is 10.6. The van der Waals surface area contributed by atoms with Crippen LogP contribution in [0.5, 0.6) is 17.4 Å². The van der Waals surface area contributed by atoms with Gasteiger partial charge in [-0.1, -0.05) is 6.07 Å². The van der Waals surface area contributed by atoms with Gasteiger partial charge in [-0.15, -0.1) is 24.0 Å². The topological polar surface area (TPSA) is 68.2 Å². The van der Waals surface area contributed by atoms with E-state index in [4.69, 9.17) is 14.2 Å². The Bertz CT molecular complexity index is 755. The summed E-state index contributed by atoms with van der Waals surface area (Å²) in [5, 5.41) is 3.33. The second-order valence-corrected chi connectivity index (χ2v) is 5.61. The highest BCUT2D eigenvalue weighted by atomic mass is 127. The molecule has 8 heteroatoms. The van der Waals surface area contributed by atoms with Gasteiger partial charge in [0, 0.05) is 50.6 Å². The van der Waals surface area contributed by atoms with E-state index in [1.165, 1.54) is 0 Å². The number of hydrogen-bond acceptors (Lipinski definition) is 5. The summed E-state index contributed by atoms with van der Waals surface area (Å²) in [6, 6.07) is 9.64. The fourth-order valence-electron chi connectivity index (χ4n) is 2.61. The number of hydrogen-bond donors (Lipinski definition) is 1. The molecule has 0 spiro atoms. The minimum Gasteiger partial charge on any atom is -0.497 e. The lowest BCUT2D eigenvalue weighted by Crippen LogP contribution is -2.38. The van der Waals surface area contributed by atoms with E-state index < -0.39 is 0 Å². The Kier molecular flexibility index (Phi) is 9.70. The molecule has 0 saturated heterocycles. The Morgan fingerprint density at radius 2 is 1.89 bits per heavy atom. The van der Waals surface area contributed by atoms with Crippen LogP contribution in [0, 0.1) is 0 Å². The minimum atomic E-state index is 0. The van der Waals surface area contributed by atoms with Crippen molar-refractivity contribution in [3.63, 3.8) is 0 Å². The van der Waals surface area contributed by atoms with Gasteiger partial charge in [-0.25, -0.2) is 4.98 Å². The molecule has 148 valence electrons. The Morgan fingerprint density at radius 3 is 2.52 bits per heavy atom. The zero-order valence-electron chi connectivity index (χ0n) is 16.4. The Balaban J connectivity index is 0.00000364. The summed E-state index contributed by atoms with van der Waals surface area (Å²) >= 11 is 0. The molecule has 0 aliphatic carbocycles. The standard InChI is InChI=1S/C19H26N4O3.HI/c1-20-19(22-12-14-7-6-10-21-18(14)26-5)23(2)13-15-8-9-16(24-3)11-17(15)25-4;/h6-11H,12-13H2,1-5H3,(H,20,22);1H. The summed E-state index contributed by atoms with van der Waals surface area (Å²) in [6.45, 7) is 1.20. The first-order valence-corrected chi connectivity index (χ1v) is 8.23. The lowest BCUT2D eigenvalue weighted by atomic mass is 10.2. The lowest BCUT2D eigenvalue weighted by molar-refractivity contribution is 0.382. The molecule has 0 atom stereocenters. The molecule has 0 amide bonds. The third kappa shape index (κ3) is 6.16. The molecule has 27 heavy (non-hydrogen) atoms. The van der Waals surface area contributed by atoms with Crippen LogP contribution in [0.15, 0.2) is 41.5 Å². The molecule has 0 unspecified atom stereocenters. The van der Waals surface area contributed by atoms with Gasteiger partial charge in [-0.3, -0.25) is 4.99 Å². The number of methoxy groups -OCH3 is 3. The molecule has 0 radical (unpaired) electrons. The number of rotatable bonds is 7. The van der Waals surface area contributed by atoms with Crippen LogP contribution >= 0.6 is 24.0 Å². The number of pyridine rings is 1. The Morgan fingerprint density at radius 1 is 1.11 bits per heavy atom. The van der Waals surface area contributed by atoms with Crippen LogP contribution in [0.1, 0.15) is 11.1 Å². The van der Waals surface area contributed by atoms with Crippen molar-refractivity contribution in [3.8, 4) is 17.4 Å². The van der Waals surface area contributed by atoms with Gasteiger partial charge < -0.3 is 24.4 Å². The molecule has 0 bridgehead atoms. The van der Waals surface area contributed by atoms with Gasteiger partial charge in [0.2, 0.25) is 5.88 Å². The van der Waals surface area contributed by atoms with Gasteiger partial charge in [0.1, 0.15) is 11.5 Å². The van der Waals surface area contributed by atoms with Crippen LogP contribution in [0.4, 0.5) is 0 Å². The van der Waals surface area contributed by atoms with E-state index in [0.29, 0.717) is 19.0 Å². The number of ether oxygens (including phenoxy) is 3. The van der Waals surface area contributed by atoms with Crippen molar-refractivity contribution in [3.05, 3.63) is 47.7 Å². The fraction of sp³-hybridized carbons (Fsp3) is 0.368. The molecule has 2 rings (SSSR count). The molecule has 0 aliphatic rings. The molecule has 1 aromatic carbocycles. The molecule has 7 nitrogen and oxygen atoms in total. The van der Waals surface area contributed by atoms with Gasteiger partial charge in [0.15, 0.2) is 5.96 Å². The first-order chi connectivity index (χ1) is 12.6. The summed E-state index contributed by atoms with van der Waals surface area (Å²) < 4.78 is 16.0. The first-order valence-electron chi connectivity index (χ1n) is 8.23. The maximum absolute atomic E-state index is 5.47. The number of halogens is 1. The van der Waals surface area contributed by atoms with Gasteiger partial charge in [-0.05, 0) is 18.2 Å². The van der Waals surface area contributed by atoms with Crippen LogP contribution in [-0.2, 0) is 13.1 Å². The zero-order chi connectivity index (χ0) is 18.9. The van der Waals surface area contributed by atoms with Crippen LogP contribution in [0.3, 0.4) is 0 Å². The SMILES string of the molecule is CN=C(NCc1cccnc1OC)N(C)Cc1ccc(OC)cc1OC.I. The molecule has 1 heterocycles. The van der Waals surface area contributed by atoms with Gasteiger partial charge >= 0.3 is 0 Å². The summed E-state index contributed by atoms with van der Waals surface area (Å²) in [7, 11) is 8.63. The van der Waals surface area contributed by atoms with Crippen LogP contribution in [-0.4, -0.2) is 51.3 Å². The van der Waals surface area contributed by atoms with Crippen molar-refractivity contribution in [2.24, 2.45) is 4.99 Å². The molecular weight excluding hydrogens is 459 g/mol. The maximum atomic E-state index is 5.47. The van der Waals surface area contributed by atoms with E-state index in [1.807, 2.05) is 42.3 Å². The number of aliphatic imine (C=N–C) groups is 1. The van der Waals surface area contributed by atoms with Crippen LogP contribution < -0.4 is 19.5 Å². The molecule has 1 aromatic heterocycles. The largest absolute Gasteiger partial charge is 0.497 e. The van der Waals surface area contributed by atoms with Crippen LogP contribution in [0.25, 0.3) is 0 Å². The third-order valence-electron chi connectivity index (χ3n) is 3.96. The molecular formula is C19H27IN4O3. The van der Waals surface area contributed by atoms with Gasteiger partial charge in [-0.2, -0.15) is 0 Å². The smallest absolute Gasteiger partial charge is 0.218 e. The van der Waals surface area contributed by atoms with Crippen LogP contribution in [0.2, 0.25) is 0 Å². The second kappa shape index (κ2) is 11.5. The van der Waals surface area contributed by atoms with Crippen molar-refractivity contribution >= 4 is 29.9 Å². The van der Waals surface area contributed by atoms with E-state index in [2.05, 4.69) is 15.3 Å². The average Bonchev–Trinajstić information content (AvgIpc) is 2.69. The van der Waals surface area contributed by atoms with Crippen molar-refractivity contribution in [2.45, 2.75) is 13.1 Å². The highest BCUT2D eigenvalue weighted by molar-refractivity contribution is 14.0. The maximum Gasteiger partial charge on any atom is 0.218 e. The van der Waals surface area contributed by atoms with Gasteiger partial charge in [0.25, 0.3) is 0 Å². The Hall–Kier alpha value is -2.23. The third-order valence-corrected chi connectivity index (χ3v) is 3.96. The van der Waals surface area contributed by atoms with Crippen molar-refractivity contribution in [1.82, 2.24) is 15.2 Å². The fourth-order valence-corrected chi connectivity index (χ4v) is 2.61. The molecule has 0 saturated carbocycles. The molecule has 2 aromatic rings. The molecule has 0 fully saturated rings. The highest BCUT2D eigenvalue weighted by Crippen LogP contribution is 2.25. The molecule has 1 N–H and O–H groups in total. The van der Waals surface area contributed by atoms with Crippen molar-refractivity contribution < 1.29 is 14.2 Å².